The van der Waals surface area contributed by atoms with E-state index in [-0.39, 0.29) is 11.9 Å². The van der Waals surface area contributed by atoms with Gasteiger partial charge in [0.2, 0.25) is 11.7 Å². The van der Waals surface area contributed by atoms with Crippen LogP contribution in [0.15, 0.2) is 47.0 Å². The first-order valence-electron chi connectivity index (χ1n) is 10.4. The SMILES string of the molecule is Cc1nc(-c2cccc(-c3cccc4c3C(=O)N(C(C3CC3)C(C)(C)O)C4)c2)no1. The van der Waals surface area contributed by atoms with Crippen molar-refractivity contribution in [2.24, 2.45) is 5.92 Å². The van der Waals surface area contributed by atoms with Crippen LogP contribution in [0.5, 0.6) is 0 Å². The molecule has 30 heavy (non-hydrogen) atoms. The van der Waals surface area contributed by atoms with Crippen molar-refractivity contribution in [3.8, 4) is 22.5 Å². The number of aromatic nitrogens is 2. The maximum absolute atomic E-state index is 13.5. The third-order valence-corrected chi connectivity index (χ3v) is 6.05. The summed E-state index contributed by atoms with van der Waals surface area (Å²) in [4.78, 5) is 19.7. The molecule has 1 aromatic heterocycles. The summed E-state index contributed by atoms with van der Waals surface area (Å²) in [5, 5.41) is 14.8. The molecule has 0 spiro atoms. The highest BCUT2D eigenvalue weighted by molar-refractivity contribution is 6.05. The maximum Gasteiger partial charge on any atom is 0.255 e. The van der Waals surface area contributed by atoms with Crippen molar-refractivity contribution < 1.29 is 14.4 Å². The minimum atomic E-state index is -0.935. The van der Waals surface area contributed by atoms with Gasteiger partial charge in [0, 0.05) is 19.0 Å². The van der Waals surface area contributed by atoms with Gasteiger partial charge in [0.25, 0.3) is 5.91 Å². The van der Waals surface area contributed by atoms with Crippen LogP contribution in [0.4, 0.5) is 0 Å². The Kier molecular flexibility index (Phi) is 4.29. The molecule has 3 aromatic rings. The highest BCUT2D eigenvalue weighted by Crippen LogP contribution is 2.44. The van der Waals surface area contributed by atoms with Crippen molar-refractivity contribution in [3.63, 3.8) is 0 Å². The molecular formula is C24H25N3O3. The quantitative estimate of drug-likeness (QED) is 0.690. The monoisotopic (exact) mass is 403 g/mol. The molecule has 1 atom stereocenters. The Bertz CT molecular complexity index is 1120. The fourth-order valence-corrected chi connectivity index (χ4v) is 4.72. The summed E-state index contributed by atoms with van der Waals surface area (Å²) in [6.45, 7) is 5.92. The zero-order valence-electron chi connectivity index (χ0n) is 17.4. The van der Waals surface area contributed by atoms with Crippen LogP contribution in [-0.2, 0) is 6.54 Å². The number of aliphatic hydroxyl groups is 1. The number of aryl methyl sites for hydroxylation is 1. The van der Waals surface area contributed by atoms with E-state index in [0.717, 1.165) is 40.7 Å². The number of amides is 1. The normalized spacial score (nSPS) is 17.3. The maximum atomic E-state index is 13.5. The van der Waals surface area contributed by atoms with E-state index < -0.39 is 5.60 Å². The summed E-state index contributed by atoms with van der Waals surface area (Å²) in [6, 6.07) is 13.7. The van der Waals surface area contributed by atoms with Crippen molar-refractivity contribution in [3.05, 3.63) is 59.5 Å². The fraction of sp³-hybridized carbons (Fsp3) is 0.375. The lowest BCUT2D eigenvalue weighted by Crippen LogP contribution is -2.51. The molecule has 154 valence electrons. The van der Waals surface area contributed by atoms with Crippen LogP contribution < -0.4 is 0 Å². The molecule has 1 aliphatic heterocycles. The Morgan fingerprint density at radius 2 is 1.90 bits per heavy atom. The number of fused-ring (bicyclic) bond motifs is 1. The second-order valence-electron chi connectivity index (χ2n) is 8.93. The Morgan fingerprint density at radius 1 is 1.17 bits per heavy atom. The average Bonchev–Trinajstić information content (AvgIpc) is 3.35. The van der Waals surface area contributed by atoms with E-state index in [2.05, 4.69) is 10.1 Å². The Morgan fingerprint density at radius 3 is 2.57 bits per heavy atom. The van der Waals surface area contributed by atoms with Gasteiger partial charge in [-0.3, -0.25) is 4.79 Å². The number of carbonyl (C=O) groups is 1. The number of benzene rings is 2. The largest absolute Gasteiger partial charge is 0.388 e. The zero-order valence-corrected chi connectivity index (χ0v) is 17.4. The van der Waals surface area contributed by atoms with E-state index in [4.69, 9.17) is 4.52 Å². The number of carbonyl (C=O) groups excluding carboxylic acids is 1. The van der Waals surface area contributed by atoms with Gasteiger partial charge in [0.1, 0.15) is 0 Å². The third-order valence-electron chi connectivity index (χ3n) is 6.05. The minimum absolute atomic E-state index is 0.000401. The van der Waals surface area contributed by atoms with Gasteiger partial charge >= 0.3 is 0 Å². The van der Waals surface area contributed by atoms with Gasteiger partial charge in [0.05, 0.1) is 17.2 Å². The van der Waals surface area contributed by atoms with E-state index in [9.17, 15) is 9.90 Å². The second-order valence-corrected chi connectivity index (χ2v) is 8.93. The van der Waals surface area contributed by atoms with E-state index in [1.807, 2.05) is 61.2 Å². The number of rotatable bonds is 5. The van der Waals surface area contributed by atoms with Gasteiger partial charge in [-0.1, -0.05) is 41.6 Å². The first-order valence-corrected chi connectivity index (χ1v) is 10.4. The van der Waals surface area contributed by atoms with Crippen LogP contribution in [0.2, 0.25) is 0 Å². The lowest BCUT2D eigenvalue weighted by atomic mass is 9.92. The van der Waals surface area contributed by atoms with Gasteiger partial charge < -0.3 is 14.5 Å². The van der Waals surface area contributed by atoms with E-state index in [0.29, 0.717) is 24.2 Å². The first kappa shape index (κ1) is 19.0. The summed E-state index contributed by atoms with van der Waals surface area (Å²) in [7, 11) is 0. The smallest absolute Gasteiger partial charge is 0.255 e. The molecule has 5 rings (SSSR count). The highest BCUT2D eigenvalue weighted by atomic mass is 16.5. The lowest BCUT2D eigenvalue weighted by molar-refractivity contribution is -0.0224. The van der Waals surface area contributed by atoms with Gasteiger partial charge in [-0.2, -0.15) is 4.98 Å². The van der Waals surface area contributed by atoms with Crippen molar-refractivity contribution in [1.29, 1.82) is 0 Å². The first-order chi connectivity index (χ1) is 14.3. The third kappa shape index (κ3) is 3.21. The molecule has 1 N–H and O–H groups in total. The number of hydrogen-bond donors (Lipinski definition) is 1. The second kappa shape index (κ2) is 6.77. The summed E-state index contributed by atoms with van der Waals surface area (Å²) >= 11 is 0. The minimum Gasteiger partial charge on any atom is -0.388 e. The molecule has 0 radical (unpaired) electrons. The molecular weight excluding hydrogens is 378 g/mol. The summed E-state index contributed by atoms with van der Waals surface area (Å²) in [5.74, 6) is 1.42. The number of nitrogens with zero attached hydrogens (tertiary/aromatic N) is 3. The zero-order chi connectivity index (χ0) is 21.0. The molecule has 2 aromatic carbocycles. The van der Waals surface area contributed by atoms with Gasteiger partial charge in [-0.25, -0.2) is 0 Å². The molecule has 2 heterocycles. The predicted molar refractivity (Wildman–Crippen MR) is 113 cm³/mol. The van der Waals surface area contributed by atoms with Crippen LogP contribution in [0.25, 0.3) is 22.5 Å². The molecule has 6 nitrogen and oxygen atoms in total. The summed E-state index contributed by atoms with van der Waals surface area (Å²) < 4.78 is 5.11. The highest BCUT2D eigenvalue weighted by Gasteiger charge is 2.48. The molecule has 1 unspecified atom stereocenters. The standard InChI is InChI=1S/C24H25N3O3/c1-14-25-22(26-30-14)17-7-4-6-16(12-17)19-9-5-8-18-13-27(23(28)20(18)19)21(15-10-11-15)24(2,3)29/h4-9,12,15,21,29H,10-11,13H2,1-3H3. The molecule has 0 saturated heterocycles. The van der Waals surface area contributed by atoms with Crippen molar-refractivity contribution in [2.75, 3.05) is 0 Å². The van der Waals surface area contributed by atoms with E-state index >= 15 is 0 Å². The molecule has 1 aliphatic carbocycles. The van der Waals surface area contributed by atoms with E-state index in [1.165, 1.54) is 0 Å². The van der Waals surface area contributed by atoms with Crippen LogP contribution in [0, 0.1) is 12.8 Å². The van der Waals surface area contributed by atoms with Crippen molar-refractivity contribution in [2.45, 2.75) is 51.8 Å². The van der Waals surface area contributed by atoms with Crippen LogP contribution in [0.3, 0.4) is 0 Å². The topological polar surface area (TPSA) is 79.5 Å². The molecule has 2 aliphatic rings. The molecule has 1 fully saturated rings. The Hall–Kier alpha value is -2.99. The van der Waals surface area contributed by atoms with Gasteiger partial charge in [-0.05, 0) is 55.4 Å². The fourth-order valence-electron chi connectivity index (χ4n) is 4.72. The Labute approximate surface area is 175 Å². The molecule has 0 bridgehead atoms. The molecule has 1 saturated carbocycles. The summed E-state index contributed by atoms with van der Waals surface area (Å²) in [6.07, 6.45) is 2.13. The van der Waals surface area contributed by atoms with E-state index in [1.54, 1.807) is 6.92 Å². The van der Waals surface area contributed by atoms with Crippen LogP contribution in [-0.4, -0.2) is 37.7 Å². The van der Waals surface area contributed by atoms with Gasteiger partial charge in [-0.15, -0.1) is 0 Å². The molecule has 6 heteroatoms. The van der Waals surface area contributed by atoms with Gasteiger partial charge in [0.15, 0.2) is 0 Å². The lowest BCUT2D eigenvalue weighted by Gasteiger charge is -2.37. The van der Waals surface area contributed by atoms with Crippen molar-refractivity contribution >= 4 is 5.91 Å². The summed E-state index contributed by atoms with van der Waals surface area (Å²) in [5.41, 5.74) is 3.48. The average molecular weight is 403 g/mol. The number of hydrogen-bond acceptors (Lipinski definition) is 5. The van der Waals surface area contributed by atoms with Crippen LogP contribution in [0.1, 0.15) is 48.5 Å². The van der Waals surface area contributed by atoms with Crippen molar-refractivity contribution in [1.82, 2.24) is 15.0 Å². The predicted octanol–water partition coefficient (Wildman–Crippen LogP) is 4.22. The van der Waals surface area contributed by atoms with Crippen LogP contribution >= 0.6 is 0 Å². The molecule has 1 amide bonds. The Balaban J connectivity index is 1.55.